The second kappa shape index (κ2) is 6.29. The van der Waals surface area contributed by atoms with E-state index in [4.69, 9.17) is 0 Å². The van der Waals surface area contributed by atoms with Crippen LogP contribution in [0.15, 0.2) is 24.3 Å². The first-order valence-corrected chi connectivity index (χ1v) is 6.90. The van der Waals surface area contributed by atoms with Gasteiger partial charge in [0.25, 0.3) is 0 Å². The van der Waals surface area contributed by atoms with Gasteiger partial charge in [-0.2, -0.15) is 13.2 Å². The van der Waals surface area contributed by atoms with E-state index in [2.05, 4.69) is 5.32 Å². The summed E-state index contributed by atoms with van der Waals surface area (Å²) in [5.74, 6) is -0.0170. The number of hydrogen-bond donors (Lipinski definition) is 1. The molecule has 110 valence electrons. The Hall–Kier alpha value is -1.52. The van der Waals surface area contributed by atoms with Gasteiger partial charge in [0.1, 0.15) is 0 Å². The lowest BCUT2D eigenvalue weighted by Gasteiger charge is -2.20. The van der Waals surface area contributed by atoms with Crippen molar-refractivity contribution in [2.45, 2.75) is 44.8 Å². The Labute approximate surface area is 116 Å². The number of nitrogens with one attached hydrogen (secondary N) is 1. The van der Waals surface area contributed by atoms with E-state index in [-0.39, 0.29) is 18.4 Å². The Balaban J connectivity index is 1.92. The SMILES string of the molecule is O=C(NCc1cccc(C(F)(F)F)c1)C1CCCCC1. The van der Waals surface area contributed by atoms with Crippen LogP contribution in [0.25, 0.3) is 0 Å². The molecule has 1 aromatic carbocycles. The first-order chi connectivity index (χ1) is 9.47. The van der Waals surface area contributed by atoms with E-state index in [9.17, 15) is 18.0 Å². The number of rotatable bonds is 3. The van der Waals surface area contributed by atoms with Crippen LogP contribution >= 0.6 is 0 Å². The largest absolute Gasteiger partial charge is 0.416 e. The van der Waals surface area contributed by atoms with Crippen molar-refractivity contribution in [3.8, 4) is 0 Å². The summed E-state index contributed by atoms with van der Waals surface area (Å²) in [5, 5.41) is 2.74. The third-order valence-corrected chi connectivity index (χ3v) is 3.70. The number of amides is 1. The maximum atomic E-state index is 12.6. The first-order valence-electron chi connectivity index (χ1n) is 6.90. The Bertz CT molecular complexity index is 464. The lowest BCUT2D eigenvalue weighted by atomic mass is 9.88. The zero-order chi connectivity index (χ0) is 14.6. The van der Waals surface area contributed by atoms with Crippen molar-refractivity contribution in [2.75, 3.05) is 0 Å². The number of hydrogen-bond acceptors (Lipinski definition) is 1. The molecule has 2 rings (SSSR count). The van der Waals surface area contributed by atoms with Crippen molar-refractivity contribution in [1.29, 1.82) is 0 Å². The molecule has 5 heteroatoms. The zero-order valence-corrected chi connectivity index (χ0v) is 11.2. The maximum Gasteiger partial charge on any atom is 0.416 e. The van der Waals surface area contributed by atoms with E-state index in [0.717, 1.165) is 44.2 Å². The van der Waals surface area contributed by atoms with E-state index in [1.807, 2.05) is 0 Å². The van der Waals surface area contributed by atoms with Crippen LogP contribution in [0.1, 0.15) is 43.2 Å². The molecule has 1 aliphatic rings. The average Bonchev–Trinajstić information content (AvgIpc) is 2.45. The van der Waals surface area contributed by atoms with Crippen LogP contribution in [0.2, 0.25) is 0 Å². The number of carbonyl (C=O) groups is 1. The van der Waals surface area contributed by atoms with Gasteiger partial charge in [0, 0.05) is 12.5 Å². The van der Waals surface area contributed by atoms with Crippen molar-refractivity contribution in [3.63, 3.8) is 0 Å². The van der Waals surface area contributed by atoms with Gasteiger partial charge in [-0.15, -0.1) is 0 Å². The Morgan fingerprint density at radius 3 is 2.55 bits per heavy atom. The van der Waals surface area contributed by atoms with Gasteiger partial charge >= 0.3 is 6.18 Å². The van der Waals surface area contributed by atoms with Crippen molar-refractivity contribution in [3.05, 3.63) is 35.4 Å². The smallest absolute Gasteiger partial charge is 0.352 e. The van der Waals surface area contributed by atoms with Gasteiger partial charge in [-0.3, -0.25) is 4.79 Å². The maximum absolute atomic E-state index is 12.6. The molecule has 0 spiro atoms. The van der Waals surface area contributed by atoms with Crippen molar-refractivity contribution < 1.29 is 18.0 Å². The van der Waals surface area contributed by atoms with Gasteiger partial charge in [0.15, 0.2) is 0 Å². The van der Waals surface area contributed by atoms with Crippen molar-refractivity contribution >= 4 is 5.91 Å². The van der Waals surface area contributed by atoms with Crippen LogP contribution in [-0.4, -0.2) is 5.91 Å². The molecule has 1 amide bonds. The van der Waals surface area contributed by atoms with E-state index >= 15 is 0 Å². The molecule has 0 heterocycles. The molecule has 0 aliphatic heterocycles. The van der Waals surface area contributed by atoms with Gasteiger partial charge in [0.05, 0.1) is 5.56 Å². The molecule has 0 bridgehead atoms. The number of alkyl halides is 3. The minimum absolute atomic E-state index is 0.0227. The minimum atomic E-state index is -4.34. The van der Waals surface area contributed by atoms with Gasteiger partial charge in [-0.05, 0) is 30.5 Å². The summed E-state index contributed by atoms with van der Waals surface area (Å²) in [6, 6.07) is 5.08. The van der Waals surface area contributed by atoms with Gasteiger partial charge in [-0.25, -0.2) is 0 Å². The van der Waals surface area contributed by atoms with Crippen molar-refractivity contribution in [2.24, 2.45) is 5.92 Å². The lowest BCUT2D eigenvalue weighted by Crippen LogP contribution is -2.31. The molecule has 0 radical (unpaired) electrons. The Morgan fingerprint density at radius 2 is 1.90 bits per heavy atom. The van der Waals surface area contributed by atoms with Gasteiger partial charge in [0.2, 0.25) is 5.91 Å². The average molecular weight is 285 g/mol. The van der Waals surface area contributed by atoms with Gasteiger partial charge in [-0.1, -0.05) is 31.4 Å². The van der Waals surface area contributed by atoms with Gasteiger partial charge < -0.3 is 5.32 Å². The summed E-state index contributed by atoms with van der Waals surface area (Å²) >= 11 is 0. The minimum Gasteiger partial charge on any atom is -0.352 e. The number of halogens is 3. The highest BCUT2D eigenvalue weighted by Crippen LogP contribution is 2.29. The Kier molecular flexibility index (Phi) is 4.68. The second-order valence-electron chi connectivity index (χ2n) is 5.25. The van der Waals surface area contributed by atoms with Crippen LogP contribution in [0.4, 0.5) is 13.2 Å². The zero-order valence-electron chi connectivity index (χ0n) is 11.2. The lowest BCUT2D eigenvalue weighted by molar-refractivity contribution is -0.137. The number of benzene rings is 1. The fourth-order valence-electron chi connectivity index (χ4n) is 2.56. The summed E-state index contributed by atoms with van der Waals surface area (Å²) in [6.45, 7) is 0.152. The molecule has 1 saturated carbocycles. The molecular weight excluding hydrogens is 267 g/mol. The molecular formula is C15H18F3NO. The normalized spacial score (nSPS) is 16.9. The summed E-state index contributed by atoms with van der Waals surface area (Å²) in [7, 11) is 0. The fourth-order valence-corrected chi connectivity index (χ4v) is 2.56. The molecule has 1 N–H and O–H groups in total. The molecule has 1 aromatic rings. The van der Waals surface area contributed by atoms with Crippen LogP contribution in [0.5, 0.6) is 0 Å². The molecule has 2 nitrogen and oxygen atoms in total. The molecule has 0 saturated heterocycles. The predicted octanol–water partition coefficient (Wildman–Crippen LogP) is 3.90. The summed E-state index contributed by atoms with van der Waals surface area (Å²) < 4.78 is 37.7. The van der Waals surface area contributed by atoms with Crippen molar-refractivity contribution in [1.82, 2.24) is 5.32 Å². The van der Waals surface area contributed by atoms with E-state index in [1.165, 1.54) is 6.07 Å². The van der Waals surface area contributed by atoms with E-state index in [0.29, 0.717) is 5.56 Å². The highest BCUT2D eigenvalue weighted by atomic mass is 19.4. The monoisotopic (exact) mass is 285 g/mol. The standard InChI is InChI=1S/C15H18F3NO/c16-15(17,18)13-8-4-5-11(9-13)10-19-14(20)12-6-2-1-3-7-12/h4-5,8-9,12H,1-3,6-7,10H2,(H,19,20). The third kappa shape index (κ3) is 3.99. The summed E-state index contributed by atoms with van der Waals surface area (Å²) in [6.07, 6.45) is 0.701. The van der Waals surface area contributed by atoms with Crippen LogP contribution in [0, 0.1) is 5.92 Å². The highest BCUT2D eigenvalue weighted by Gasteiger charge is 2.30. The van der Waals surface area contributed by atoms with E-state index < -0.39 is 11.7 Å². The molecule has 20 heavy (non-hydrogen) atoms. The van der Waals surface area contributed by atoms with Crippen LogP contribution in [0.3, 0.4) is 0 Å². The molecule has 0 unspecified atom stereocenters. The summed E-state index contributed by atoms with van der Waals surface area (Å²) in [5.41, 5.74) is -0.203. The Morgan fingerprint density at radius 1 is 1.20 bits per heavy atom. The fraction of sp³-hybridized carbons (Fsp3) is 0.533. The summed E-state index contributed by atoms with van der Waals surface area (Å²) in [4.78, 5) is 11.9. The highest BCUT2D eigenvalue weighted by molar-refractivity contribution is 5.78. The first kappa shape index (κ1) is 14.9. The predicted molar refractivity (Wildman–Crippen MR) is 69.9 cm³/mol. The molecule has 1 fully saturated rings. The van der Waals surface area contributed by atoms with Crippen LogP contribution < -0.4 is 5.32 Å². The molecule has 0 aromatic heterocycles. The van der Waals surface area contributed by atoms with E-state index in [1.54, 1.807) is 6.07 Å². The second-order valence-corrected chi connectivity index (χ2v) is 5.25. The topological polar surface area (TPSA) is 29.1 Å². The number of carbonyl (C=O) groups excluding carboxylic acids is 1. The molecule has 0 atom stereocenters. The van der Waals surface area contributed by atoms with Crippen LogP contribution in [-0.2, 0) is 17.5 Å². The molecule has 1 aliphatic carbocycles. The third-order valence-electron chi connectivity index (χ3n) is 3.70. The quantitative estimate of drug-likeness (QED) is 0.896.